The highest BCUT2D eigenvalue weighted by Crippen LogP contribution is 2.25. The van der Waals surface area contributed by atoms with Crippen LogP contribution in [0.25, 0.3) is 0 Å². The van der Waals surface area contributed by atoms with Crippen LogP contribution in [0.1, 0.15) is 31.4 Å². The molecule has 1 aromatic carbocycles. The summed E-state index contributed by atoms with van der Waals surface area (Å²) in [6.07, 6.45) is 1.28. The molecule has 0 aliphatic carbocycles. The van der Waals surface area contributed by atoms with Gasteiger partial charge in [-0.1, -0.05) is 19.9 Å². The Bertz CT molecular complexity index is 412. The lowest BCUT2D eigenvalue weighted by atomic mass is 10.1. The van der Waals surface area contributed by atoms with Crippen molar-refractivity contribution < 1.29 is 0 Å². The summed E-state index contributed by atoms with van der Waals surface area (Å²) in [5.41, 5.74) is 9.65. The van der Waals surface area contributed by atoms with Crippen molar-refractivity contribution >= 4 is 5.69 Å². The van der Waals surface area contributed by atoms with E-state index in [1.807, 2.05) is 0 Å². The minimum absolute atomic E-state index is 0.633. The summed E-state index contributed by atoms with van der Waals surface area (Å²) in [6.45, 7) is 11.9. The van der Waals surface area contributed by atoms with Gasteiger partial charge in [-0.2, -0.15) is 0 Å². The summed E-state index contributed by atoms with van der Waals surface area (Å²) in [5, 5.41) is 0. The molecule has 0 aromatic heterocycles. The van der Waals surface area contributed by atoms with Crippen LogP contribution in [0.2, 0.25) is 0 Å². The zero-order valence-corrected chi connectivity index (χ0v) is 12.5. The Morgan fingerprint density at radius 3 is 2.63 bits per heavy atom. The van der Waals surface area contributed by atoms with Gasteiger partial charge in [0, 0.05) is 31.4 Å². The smallest absolute Gasteiger partial charge is 0.0369 e. The molecule has 0 radical (unpaired) electrons. The van der Waals surface area contributed by atoms with E-state index < -0.39 is 0 Å². The standard InChI is InChI=1S/C16H27N3/c1-4-18(5-2)16-8-9-19(12-16)15-7-6-14(11-17)13(3)10-15/h6-7,10,16H,4-5,8-9,11-12,17H2,1-3H3. The van der Waals surface area contributed by atoms with Gasteiger partial charge in [-0.25, -0.2) is 0 Å². The third kappa shape index (κ3) is 3.10. The van der Waals surface area contributed by atoms with Crippen molar-refractivity contribution in [2.75, 3.05) is 31.1 Å². The number of rotatable bonds is 5. The number of likely N-dealkylation sites (N-methyl/N-ethyl adjacent to an activating group) is 1. The number of benzene rings is 1. The van der Waals surface area contributed by atoms with Crippen LogP contribution in [0, 0.1) is 6.92 Å². The molecule has 0 amide bonds. The second-order valence-corrected chi connectivity index (χ2v) is 5.42. The Balaban J connectivity index is 2.06. The molecule has 1 aromatic rings. The first-order valence-electron chi connectivity index (χ1n) is 7.48. The first-order valence-corrected chi connectivity index (χ1v) is 7.48. The fourth-order valence-corrected chi connectivity index (χ4v) is 3.12. The van der Waals surface area contributed by atoms with E-state index in [1.165, 1.54) is 29.8 Å². The van der Waals surface area contributed by atoms with E-state index in [4.69, 9.17) is 5.73 Å². The molecule has 0 bridgehead atoms. The van der Waals surface area contributed by atoms with E-state index in [2.05, 4.69) is 48.8 Å². The van der Waals surface area contributed by atoms with Crippen LogP contribution in [-0.2, 0) is 6.54 Å². The van der Waals surface area contributed by atoms with Gasteiger partial charge < -0.3 is 10.6 Å². The number of anilines is 1. The predicted octanol–water partition coefficient (Wildman–Crippen LogP) is 2.37. The van der Waals surface area contributed by atoms with Crippen molar-refractivity contribution in [2.45, 2.75) is 39.8 Å². The van der Waals surface area contributed by atoms with Gasteiger partial charge in [0.15, 0.2) is 0 Å². The molecule has 1 atom stereocenters. The molecule has 19 heavy (non-hydrogen) atoms. The van der Waals surface area contributed by atoms with Gasteiger partial charge in [-0.15, -0.1) is 0 Å². The molecular weight excluding hydrogens is 234 g/mol. The molecular formula is C16H27N3. The van der Waals surface area contributed by atoms with Crippen LogP contribution in [0.5, 0.6) is 0 Å². The second kappa shape index (κ2) is 6.40. The maximum absolute atomic E-state index is 5.73. The molecule has 1 aliphatic rings. The number of nitrogens with two attached hydrogens (primary N) is 1. The first kappa shape index (κ1) is 14.4. The molecule has 1 saturated heterocycles. The van der Waals surface area contributed by atoms with Crippen LogP contribution in [0.3, 0.4) is 0 Å². The predicted molar refractivity (Wildman–Crippen MR) is 82.6 cm³/mol. The zero-order valence-electron chi connectivity index (χ0n) is 12.5. The molecule has 1 aliphatic heterocycles. The SMILES string of the molecule is CCN(CC)C1CCN(c2ccc(CN)c(C)c2)C1. The van der Waals surface area contributed by atoms with Gasteiger partial charge in [0.05, 0.1) is 0 Å². The number of nitrogens with zero attached hydrogens (tertiary/aromatic N) is 2. The maximum Gasteiger partial charge on any atom is 0.0369 e. The second-order valence-electron chi connectivity index (χ2n) is 5.42. The van der Waals surface area contributed by atoms with Crippen LogP contribution in [-0.4, -0.2) is 37.1 Å². The van der Waals surface area contributed by atoms with Crippen molar-refractivity contribution in [3.8, 4) is 0 Å². The van der Waals surface area contributed by atoms with Gasteiger partial charge in [0.25, 0.3) is 0 Å². The molecule has 106 valence electrons. The zero-order chi connectivity index (χ0) is 13.8. The van der Waals surface area contributed by atoms with Crippen molar-refractivity contribution in [1.29, 1.82) is 0 Å². The third-order valence-electron chi connectivity index (χ3n) is 4.40. The van der Waals surface area contributed by atoms with Crippen molar-refractivity contribution in [1.82, 2.24) is 4.90 Å². The molecule has 3 nitrogen and oxygen atoms in total. The average molecular weight is 261 g/mol. The molecule has 2 N–H and O–H groups in total. The van der Waals surface area contributed by atoms with Crippen LogP contribution in [0.15, 0.2) is 18.2 Å². The van der Waals surface area contributed by atoms with Crippen molar-refractivity contribution in [3.63, 3.8) is 0 Å². The Morgan fingerprint density at radius 2 is 2.05 bits per heavy atom. The molecule has 3 heteroatoms. The number of hydrogen-bond donors (Lipinski definition) is 1. The van der Waals surface area contributed by atoms with Crippen molar-refractivity contribution in [3.05, 3.63) is 29.3 Å². The summed E-state index contributed by atoms with van der Waals surface area (Å²) >= 11 is 0. The van der Waals surface area contributed by atoms with Gasteiger partial charge in [0.2, 0.25) is 0 Å². The van der Waals surface area contributed by atoms with Gasteiger partial charge >= 0.3 is 0 Å². The van der Waals surface area contributed by atoms with Crippen LogP contribution in [0.4, 0.5) is 5.69 Å². The third-order valence-corrected chi connectivity index (χ3v) is 4.40. The monoisotopic (exact) mass is 261 g/mol. The molecule has 1 fully saturated rings. The van der Waals surface area contributed by atoms with E-state index in [0.717, 1.165) is 19.6 Å². The minimum atomic E-state index is 0.633. The lowest BCUT2D eigenvalue weighted by Gasteiger charge is -2.27. The summed E-state index contributed by atoms with van der Waals surface area (Å²) in [4.78, 5) is 5.08. The highest BCUT2D eigenvalue weighted by atomic mass is 15.2. The van der Waals surface area contributed by atoms with Crippen LogP contribution >= 0.6 is 0 Å². The quantitative estimate of drug-likeness (QED) is 0.883. The minimum Gasteiger partial charge on any atom is -0.370 e. The summed E-state index contributed by atoms with van der Waals surface area (Å²) < 4.78 is 0. The van der Waals surface area contributed by atoms with Gasteiger partial charge in [-0.3, -0.25) is 4.90 Å². The molecule has 0 saturated carbocycles. The molecule has 0 spiro atoms. The molecule has 1 heterocycles. The molecule has 2 rings (SSSR count). The average Bonchev–Trinajstić information content (AvgIpc) is 2.90. The maximum atomic E-state index is 5.73. The Kier molecular flexibility index (Phi) is 4.83. The Hall–Kier alpha value is -1.06. The van der Waals surface area contributed by atoms with E-state index in [9.17, 15) is 0 Å². The lowest BCUT2D eigenvalue weighted by molar-refractivity contribution is 0.232. The number of hydrogen-bond acceptors (Lipinski definition) is 3. The van der Waals surface area contributed by atoms with Gasteiger partial charge in [-0.05, 0) is 49.7 Å². The fourth-order valence-electron chi connectivity index (χ4n) is 3.12. The Morgan fingerprint density at radius 1 is 1.32 bits per heavy atom. The summed E-state index contributed by atoms with van der Waals surface area (Å²) in [5.74, 6) is 0. The summed E-state index contributed by atoms with van der Waals surface area (Å²) in [7, 11) is 0. The van der Waals surface area contributed by atoms with E-state index in [1.54, 1.807) is 0 Å². The van der Waals surface area contributed by atoms with Crippen molar-refractivity contribution in [2.24, 2.45) is 5.73 Å². The van der Waals surface area contributed by atoms with Gasteiger partial charge in [0.1, 0.15) is 0 Å². The normalized spacial score (nSPS) is 19.4. The fraction of sp³-hybridized carbons (Fsp3) is 0.625. The lowest BCUT2D eigenvalue weighted by Crippen LogP contribution is -2.37. The summed E-state index contributed by atoms with van der Waals surface area (Å²) in [6, 6.07) is 7.40. The first-order chi connectivity index (χ1) is 9.19. The van der Waals surface area contributed by atoms with Crippen LogP contribution < -0.4 is 10.6 Å². The highest BCUT2D eigenvalue weighted by molar-refractivity contribution is 5.51. The molecule has 1 unspecified atom stereocenters. The van der Waals surface area contributed by atoms with E-state index >= 15 is 0 Å². The number of aryl methyl sites for hydroxylation is 1. The topological polar surface area (TPSA) is 32.5 Å². The van der Waals surface area contributed by atoms with E-state index in [-0.39, 0.29) is 0 Å². The highest BCUT2D eigenvalue weighted by Gasteiger charge is 2.26. The Labute approximate surface area is 117 Å². The largest absolute Gasteiger partial charge is 0.370 e. The van der Waals surface area contributed by atoms with E-state index in [0.29, 0.717) is 12.6 Å².